The van der Waals surface area contributed by atoms with E-state index in [9.17, 15) is 9.18 Å². The van der Waals surface area contributed by atoms with Gasteiger partial charge < -0.3 is 9.15 Å². The number of benzene rings is 1. The van der Waals surface area contributed by atoms with E-state index in [1.165, 1.54) is 18.2 Å². The van der Waals surface area contributed by atoms with Crippen molar-refractivity contribution in [1.29, 1.82) is 0 Å². The van der Waals surface area contributed by atoms with E-state index in [0.29, 0.717) is 10.4 Å². The number of rotatable bonds is 2. The van der Waals surface area contributed by atoms with E-state index in [-0.39, 0.29) is 17.2 Å². The Morgan fingerprint density at radius 1 is 1.20 bits per heavy atom. The maximum absolute atomic E-state index is 13.6. The summed E-state index contributed by atoms with van der Waals surface area (Å²) in [5, 5.41) is 0. The molecule has 1 aliphatic heterocycles. The number of carbonyl (C=O) groups is 1. The van der Waals surface area contributed by atoms with E-state index in [2.05, 4.69) is 20.9 Å². The second kappa shape index (κ2) is 5.05. The van der Waals surface area contributed by atoms with Gasteiger partial charge in [0, 0.05) is 6.08 Å². The van der Waals surface area contributed by atoms with Gasteiger partial charge in [-0.25, -0.2) is 14.2 Å². The molecule has 0 atom stereocenters. The number of ether oxygens (including phenoxy) is 1. The van der Waals surface area contributed by atoms with Crippen molar-refractivity contribution in [3.05, 3.63) is 63.9 Å². The molecule has 0 amide bonds. The summed E-state index contributed by atoms with van der Waals surface area (Å²) in [6.07, 6.45) is 1.43. The molecule has 0 aliphatic carbocycles. The van der Waals surface area contributed by atoms with Gasteiger partial charge in [0.1, 0.15) is 11.6 Å². The van der Waals surface area contributed by atoms with Gasteiger partial charge in [-0.15, -0.1) is 0 Å². The first kappa shape index (κ1) is 12.8. The Hall–Kier alpha value is -2.21. The molecule has 20 heavy (non-hydrogen) atoms. The van der Waals surface area contributed by atoms with Gasteiger partial charge in [0.25, 0.3) is 0 Å². The topological polar surface area (TPSA) is 51.8 Å². The van der Waals surface area contributed by atoms with Crippen LogP contribution in [-0.4, -0.2) is 11.9 Å². The lowest BCUT2D eigenvalue weighted by Crippen LogP contribution is -2.07. The van der Waals surface area contributed by atoms with E-state index in [1.807, 2.05) is 0 Å². The van der Waals surface area contributed by atoms with E-state index in [4.69, 9.17) is 9.15 Å². The fourth-order valence-corrected chi connectivity index (χ4v) is 2.02. The minimum Gasteiger partial charge on any atom is -0.450 e. The SMILES string of the molecule is O=C1OC(c2ccccc2F)=NC1=Cc1ccc(Br)o1. The van der Waals surface area contributed by atoms with Gasteiger partial charge in [0.2, 0.25) is 5.90 Å². The zero-order chi connectivity index (χ0) is 14.1. The van der Waals surface area contributed by atoms with Crippen LogP contribution in [0.5, 0.6) is 0 Å². The third-order valence-corrected chi connectivity index (χ3v) is 3.02. The van der Waals surface area contributed by atoms with Crippen molar-refractivity contribution >= 4 is 33.9 Å². The lowest BCUT2D eigenvalue weighted by molar-refractivity contribution is -0.129. The molecule has 0 spiro atoms. The van der Waals surface area contributed by atoms with Crippen molar-refractivity contribution in [1.82, 2.24) is 0 Å². The summed E-state index contributed by atoms with van der Waals surface area (Å²) in [5.74, 6) is -0.746. The lowest BCUT2D eigenvalue weighted by atomic mass is 10.2. The Bertz CT molecular complexity index is 748. The highest BCUT2D eigenvalue weighted by atomic mass is 79.9. The average molecular weight is 336 g/mol. The Morgan fingerprint density at radius 3 is 2.70 bits per heavy atom. The minimum atomic E-state index is -0.643. The van der Waals surface area contributed by atoms with E-state index < -0.39 is 11.8 Å². The molecule has 0 saturated carbocycles. The summed E-state index contributed by atoms with van der Waals surface area (Å²) in [5.41, 5.74) is 0.204. The fourth-order valence-electron chi connectivity index (χ4n) is 1.70. The van der Waals surface area contributed by atoms with Crippen LogP contribution in [0.4, 0.5) is 4.39 Å². The Labute approximate surface area is 121 Å². The van der Waals surface area contributed by atoms with Gasteiger partial charge in [-0.05, 0) is 40.2 Å². The number of carbonyl (C=O) groups excluding carboxylic acids is 1. The standard InChI is InChI=1S/C14H7BrFNO3/c15-12-6-5-8(19-12)7-11-14(18)20-13(17-11)9-3-1-2-4-10(9)16/h1-7H. The third kappa shape index (κ3) is 2.42. The lowest BCUT2D eigenvalue weighted by Gasteiger charge is -1.99. The van der Waals surface area contributed by atoms with Gasteiger partial charge in [-0.3, -0.25) is 0 Å². The normalized spacial score (nSPS) is 16.4. The molecule has 1 aromatic carbocycles. The van der Waals surface area contributed by atoms with Crippen LogP contribution in [0.15, 0.2) is 56.2 Å². The second-order valence-electron chi connectivity index (χ2n) is 3.96. The molecule has 0 unspecified atom stereocenters. The number of halogens is 2. The van der Waals surface area contributed by atoms with Crippen LogP contribution in [-0.2, 0) is 9.53 Å². The van der Waals surface area contributed by atoms with E-state index >= 15 is 0 Å². The van der Waals surface area contributed by atoms with Crippen molar-refractivity contribution in [3.63, 3.8) is 0 Å². The highest BCUT2D eigenvalue weighted by Crippen LogP contribution is 2.22. The largest absolute Gasteiger partial charge is 0.450 e. The van der Waals surface area contributed by atoms with Crippen molar-refractivity contribution < 1.29 is 18.3 Å². The summed E-state index contributed by atoms with van der Waals surface area (Å²) in [6.45, 7) is 0. The third-order valence-electron chi connectivity index (χ3n) is 2.60. The molecule has 0 N–H and O–H groups in total. The number of cyclic esters (lactones) is 1. The van der Waals surface area contributed by atoms with Gasteiger partial charge in [-0.2, -0.15) is 0 Å². The molecule has 2 heterocycles. The summed E-state index contributed by atoms with van der Waals surface area (Å²) < 4.78 is 24.4. The van der Waals surface area contributed by atoms with Gasteiger partial charge in [0.15, 0.2) is 10.4 Å². The van der Waals surface area contributed by atoms with Gasteiger partial charge in [0.05, 0.1) is 5.56 Å². The highest BCUT2D eigenvalue weighted by molar-refractivity contribution is 9.10. The van der Waals surface area contributed by atoms with Crippen LogP contribution in [0.2, 0.25) is 0 Å². The first-order valence-electron chi connectivity index (χ1n) is 5.66. The molecule has 0 fully saturated rings. The van der Waals surface area contributed by atoms with Crippen LogP contribution >= 0.6 is 15.9 Å². The van der Waals surface area contributed by atoms with E-state index in [1.54, 1.807) is 24.3 Å². The number of aliphatic imine (C=N–C) groups is 1. The predicted molar refractivity (Wildman–Crippen MR) is 73.4 cm³/mol. The molecule has 0 radical (unpaired) electrons. The van der Waals surface area contributed by atoms with E-state index in [0.717, 1.165) is 0 Å². The molecule has 3 rings (SSSR count). The molecule has 4 nitrogen and oxygen atoms in total. The average Bonchev–Trinajstić information content (AvgIpc) is 2.98. The molecule has 1 aromatic heterocycles. The molecule has 2 aromatic rings. The van der Waals surface area contributed by atoms with Crippen LogP contribution < -0.4 is 0 Å². The van der Waals surface area contributed by atoms with Crippen LogP contribution in [0.1, 0.15) is 11.3 Å². The summed E-state index contributed by atoms with van der Waals surface area (Å²) in [7, 11) is 0. The molecule has 100 valence electrons. The Morgan fingerprint density at radius 2 is 2.00 bits per heavy atom. The number of hydrogen-bond acceptors (Lipinski definition) is 4. The Kier molecular flexibility index (Phi) is 3.23. The predicted octanol–water partition coefficient (Wildman–Crippen LogP) is 3.53. The van der Waals surface area contributed by atoms with Crippen molar-refractivity contribution in [2.75, 3.05) is 0 Å². The number of furan rings is 1. The zero-order valence-corrected chi connectivity index (χ0v) is 11.6. The molecule has 6 heteroatoms. The number of hydrogen-bond donors (Lipinski definition) is 0. The zero-order valence-electron chi connectivity index (χ0n) is 9.97. The summed E-state index contributed by atoms with van der Waals surface area (Å²) in [6, 6.07) is 9.31. The monoisotopic (exact) mass is 335 g/mol. The van der Waals surface area contributed by atoms with Crippen molar-refractivity contribution in [2.24, 2.45) is 4.99 Å². The highest BCUT2D eigenvalue weighted by Gasteiger charge is 2.26. The molecule has 1 aliphatic rings. The maximum atomic E-state index is 13.6. The first-order valence-corrected chi connectivity index (χ1v) is 6.45. The quantitative estimate of drug-likeness (QED) is 0.623. The van der Waals surface area contributed by atoms with Crippen LogP contribution in [0, 0.1) is 5.82 Å². The van der Waals surface area contributed by atoms with Crippen molar-refractivity contribution in [2.45, 2.75) is 0 Å². The molecular formula is C14H7BrFNO3. The minimum absolute atomic E-state index is 0.0510. The first-order chi connectivity index (χ1) is 9.63. The van der Waals surface area contributed by atoms with Crippen molar-refractivity contribution in [3.8, 4) is 0 Å². The molecular weight excluding hydrogens is 329 g/mol. The number of nitrogens with zero attached hydrogens (tertiary/aromatic N) is 1. The van der Waals surface area contributed by atoms with Crippen LogP contribution in [0.3, 0.4) is 0 Å². The number of esters is 1. The smallest absolute Gasteiger partial charge is 0.363 e. The van der Waals surface area contributed by atoms with Gasteiger partial charge >= 0.3 is 5.97 Å². The summed E-state index contributed by atoms with van der Waals surface area (Å²) in [4.78, 5) is 15.7. The maximum Gasteiger partial charge on any atom is 0.363 e. The van der Waals surface area contributed by atoms with Crippen LogP contribution in [0.25, 0.3) is 6.08 Å². The summed E-state index contributed by atoms with van der Waals surface area (Å²) >= 11 is 3.16. The molecule has 0 bridgehead atoms. The van der Waals surface area contributed by atoms with Gasteiger partial charge in [-0.1, -0.05) is 12.1 Å². The fraction of sp³-hybridized carbons (Fsp3) is 0. The Balaban J connectivity index is 1.97. The molecule has 0 saturated heterocycles. The second-order valence-corrected chi connectivity index (χ2v) is 4.74.